The number of Topliss-reactive ketones (excluding diaryl/α,β-unsaturated/α-hetero) is 1. The molecule has 9 heteroatoms. The van der Waals surface area contributed by atoms with Crippen LogP contribution < -0.4 is 5.32 Å². The Kier molecular flexibility index (Phi) is 5.88. The molecular formula is C33H29Cl2FN4O2. The average molecular weight is 604 g/mol. The third-order valence-corrected chi connectivity index (χ3v) is 10.4. The Morgan fingerprint density at radius 2 is 1.95 bits per heavy atom. The van der Waals surface area contributed by atoms with Crippen molar-refractivity contribution in [3.8, 4) is 0 Å². The van der Waals surface area contributed by atoms with Gasteiger partial charge in [-0.3, -0.25) is 14.5 Å². The molecule has 1 saturated carbocycles. The molecule has 4 heterocycles. The maximum atomic E-state index is 16.2. The predicted octanol–water partition coefficient (Wildman–Crippen LogP) is 7.29. The number of carbonyl (C=O) groups is 2. The minimum Gasteiger partial charge on any atom is -0.328 e. The number of hydrogen-bond acceptors (Lipinski definition) is 4. The van der Waals surface area contributed by atoms with Crippen LogP contribution in [0, 0.1) is 11.7 Å². The van der Waals surface area contributed by atoms with Crippen molar-refractivity contribution >= 4 is 51.6 Å². The molecular weight excluding hydrogens is 574 g/mol. The Bertz CT molecular complexity index is 1820. The predicted molar refractivity (Wildman–Crippen MR) is 161 cm³/mol. The van der Waals surface area contributed by atoms with Gasteiger partial charge in [0, 0.05) is 59.2 Å². The zero-order chi connectivity index (χ0) is 28.9. The van der Waals surface area contributed by atoms with E-state index in [0.29, 0.717) is 40.7 Å². The number of aryl methyl sites for hydroxylation is 1. The molecule has 6 nitrogen and oxygen atoms in total. The fourth-order valence-electron chi connectivity index (χ4n) is 7.97. The normalized spacial score (nSPS) is 26.4. The molecule has 1 aromatic heterocycles. The van der Waals surface area contributed by atoms with Crippen molar-refractivity contribution in [2.45, 2.75) is 62.6 Å². The Hall–Kier alpha value is -3.26. The minimum absolute atomic E-state index is 0.0293. The number of amides is 1. The van der Waals surface area contributed by atoms with Crippen molar-refractivity contribution in [1.29, 1.82) is 0 Å². The number of imidazole rings is 1. The first-order valence-electron chi connectivity index (χ1n) is 14.7. The first kappa shape index (κ1) is 26.4. The number of carbonyl (C=O) groups excluding carboxylic acids is 2. The van der Waals surface area contributed by atoms with E-state index in [1.54, 1.807) is 24.3 Å². The number of benzene rings is 3. The summed E-state index contributed by atoms with van der Waals surface area (Å²) in [7, 11) is 0. The second kappa shape index (κ2) is 9.37. The van der Waals surface area contributed by atoms with E-state index in [1.165, 1.54) is 0 Å². The van der Waals surface area contributed by atoms with Crippen LogP contribution in [0.25, 0.3) is 11.0 Å². The van der Waals surface area contributed by atoms with Crippen molar-refractivity contribution < 1.29 is 14.0 Å². The van der Waals surface area contributed by atoms with E-state index in [1.807, 2.05) is 37.3 Å². The molecule has 4 aromatic rings. The molecule has 1 aliphatic carbocycles. The Morgan fingerprint density at radius 1 is 1.12 bits per heavy atom. The van der Waals surface area contributed by atoms with Crippen LogP contribution in [-0.2, 0) is 16.9 Å². The second-order valence-electron chi connectivity index (χ2n) is 12.1. The van der Waals surface area contributed by atoms with Crippen LogP contribution in [0.2, 0.25) is 10.0 Å². The number of nitrogens with zero attached hydrogens (tertiary/aromatic N) is 3. The SMILES string of the molecule is CCC(=O)c1ccc2c(c1)nc1n2CC[C@H]2[C@@H]1[C@H](c1cccc(Cl)c1F)[C@]1(C(=O)Nc3cc(Cl)ccc31)N2CC1CC1. The molecule has 8 rings (SSSR count). The molecule has 0 unspecified atom stereocenters. The molecule has 0 bridgehead atoms. The molecule has 1 amide bonds. The van der Waals surface area contributed by atoms with Gasteiger partial charge in [0.25, 0.3) is 0 Å². The summed E-state index contributed by atoms with van der Waals surface area (Å²) in [5.74, 6) is -0.205. The van der Waals surface area contributed by atoms with Crippen molar-refractivity contribution in [3.05, 3.63) is 93.0 Å². The summed E-state index contributed by atoms with van der Waals surface area (Å²) >= 11 is 12.8. The van der Waals surface area contributed by atoms with Crippen LogP contribution in [-0.4, -0.2) is 38.7 Å². The molecule has 214 valence electrons. The van der Waals surface area contributed by atoms with Gasteiger partial charge in [-0.15, -0.1) is 0 Å². The zero-order valence-corrected chi connectivity index (χ0v) is 24.6. The molecule has 4 aliphatic rings. The fraction of sp³-hybridized carbons (Fsp3) is 0.364. The van der Waals surface area contributed by atoms with Gasteiger partial charge in [0.1, 0.15) is 17.2 Å². The Morgan fingerprint density at radius 3 is 2.74 bits per heavy atom. The largest absolute Gasteiger partial charge is 0.328 e. The number of halogens is 3. The van der Waals surface area contributed by atoms with Gasteiger partial charge in [-0.2, -0.15) is 0 Å². The number of anilines is 1. The smallest absolute Gasteiger partial charge is 0.250 e. The van der Waals surface area contributed by atoms with Gasteiger partial charge in [-0.05, 0) is 67.1 Å². The molecule has 2 fully saturated rings. The summed E-state index contributed by atoms with van der Waals surface area (Å²) in [6, 6.07) is 16.2. The summed E-state index contributed by atoms with van der Waals surface area (Å²) in [6.07, 6.45) is 3.42. The summed E-state index contributed by atoms with van der Waals surface area (Å²) in [5, 5.41) is 3.69. The molecule has 0 radical (unpaired) electrons. The van der Waals surface area contributed by atoms with E-state index in [9.17, 15) is 9.59 Å². The van der Waals surface area contributed by atoms with Gasteiger partial charge in [0.15, 0.2) is 5.78 Å². The van der Waals surface area contributed by atoms with E-state index in [0.717, 1.165) is 48.2 Å². The molecule has 4 atom stereocenters. The zero-order valence-electron chi connectivity index (χ0n) is 23.0. The number of aromatic nitrogens is 2. The number of fused-ring (bicyclic) bond motifs is 7. The lowest BCUT2D eigenvalue weighted by Crippen LogP contribution is -2.53. The fourth-order valence-corrected chi connectivity index (χ4v) is 8.33. The van der Waals surface area contributed by atoms with Crippen molar-refractivity contribution in [3.63, 3.8) is 0 Å². The summed E-state index contributed by atoms with van der Waals surface area (Å²) in [6.45, 7) is 3.30. The minimum atomic E-state index is -1.17. The summed E-state index contributed by atoms with van der Waals surface area (Å²) in [4.78, 5) is 34.6. The molecule has 1 spiro atoms. The number of hydrogen-bond donors (Lipinski definition) is 1. The topological polar surface area (TPSA) is 67.2 Å². The van der Waals surface area contributed by atoms with E-state index in [2.05, 4.69) is 14.8 Å². The third kappa shape index (κ3) is 3.56. The van der Waals surface area contributed by atoms with Crippen molar-refractivity contribution in [1.82, 2.24) is 14.5 Å². The third-order valence-electron chi connectivity index (χ3n) is 9.90. The number of rotatable bonds is 5. The lowest BCUT2D eigenvalue weighted by molar-refractivity contribution is -0.128. The number of nitrogens with one attached hydrogen (secondary N) is 1. The molecule has 1 saturated heterocycles. The first-order valence-corrected chi connectivity index (χ1v) is 15.4. The van der Waals surface area contributed by atoms with E-state index in [-0.39, 0.29) is 28.7 Å². The number of likely N-dealkylation sites (tertiary alicyclic amines) is 1. The van der Waals surface area contributed by atoms with Crippen molar-refractivity contribution in [2.75, 3.05) is 11.9 Å². The van der Waals surface area contributed by atoms with E-state index in [4.69, 9.17) is 28.2 Å². The lowest BCUT2D eigenvalue weighted by atomic mass is 9.70. The van der Waals surface area contributed by atoms with Gasteiger partial charge in [0.2, 0.25) is 5.91 Å². The number of ketones is 1. The highest BCUT2D eigenvalue weighted by molar-refractivity contribution is 6.31. The van der Waals surface area contributed by atoms with Gasteiger partial charge in [-0.25, -0.2) is 9.37 Å². The first-order chi connectivity index (χ1) is 20.3. The van der Waals surface area contributed by atoms with Gasteiger partial charge < -0.3 is 9.88 Å². The highest BCUT2D eigenvalue weighted by Gasteiger charge is 2.69. The van der Waals surface area contributed by atoms with Crippen LogP contribution in [0.15, 0.2) is 54.6 Å². The van der Waals surface area contributed by atoms with E-state index >= 15 is 4.39 Å². The molecule has 3 aliphatic heterocycles. The maximum absolute atomic E-state index is 16.2. The second-order valence-corrected chi connectivity index (χ2v) is 13.0. The van der Waals surface area contributed by atoms with E-state index < -0.39 is 17.3 Å². The van der Waals surface area contributed by atoms with Crippen molar-refractivity contribution in [2.24, 2.45) is 5.92 Å². The van der Waals surface area contributed by atoms with Crippen LogP contribution >= 0.6 is 23.2 Å². The van der Waals surface area contributed by atoms with Crippen LogP contribution in [0.4, 0.5) is 10.1 Å². The highest BCUT2D eigenvalue weighted by Crippen LogP contribution is 2.64. The monoisotopic (exact) mass is 602 g/mol. The van der Waals surface area contributed by atoms with Gasteiger partial charge in [0.05, 0.1) is 16.1 Å². The molecule has 42 heavy (non-hydrogen) atoms. The van der Waals surface area contributed by atoms with Gasteiger partial charge >= 0.3 is 0 Å². The van der Waals surface area contributed by atoms with Crippen LogP contribution in [0.3, 0.4) is 0 Å². The summed E-state index contributed by atoms with van der Waals surface area (Å²) < 4.78 is 18.4. The quantitative estimate of drug-likeness (QED) is 0.244. The maximum Gasteiger partial charge on any atom is 0.250 e. The standard InChI is InChI=1S/C33H29Cl2FN4O2/c1-2-27(41)18-8-11-25-24(14-18)37-31-28-26(12-13-39(25)31)40(16-17-6-7-17)33(29(28)20-4-3-5-22(35)30(20)36)21-10-9-19(34)15-23(21)38-32(33)42/h3-5,8-11,14-15,17,26,28-29H,2,6-7,12-13,16H2,1H3,(H,38,42)/t26-,28+,29-,33+/m0/s1. The van der Waals surface area contributed by atoms with Crippen LogP contribution in [0.1, 0.15) is 71.8 Å². The molecule has 1 N–H and O–H groups in total. The lowest BCUT2D eigenvalue weighted by Gasteiger charge is -2.40. The Balaban J connectivity index is 1.42. The molecule has 3 aromatic carbocycles. The van der Waals surface area contributed by atoms with Gasteiger partial charge in [-0.1, -0.05) is 48.3 Å². The Labute approximate surface area is 252 Å². The van der Waals surface area contributed by atoms with Crippen LogP contribution in [0.5, 0.6) is 0 Å². The average Bonchev–Trinajstić information content (AvgIpc) is 3.57. The summed E-state index contributed by atoms with van der Waals surface area (Å²) in [5.41, 5.74) is 3.04. The highest BCUT2D eigenvalue weighted by atomic mass is 35.5.